The molecule has 2 rings (SSSR count). The highest BCUT2D eigenvalue weighted by Gasteiger charge is 2.07. The van der Waals surface area contributed by atoms with E-state index in [1.165, 1.54) is 22.3 Å². The minimum absolute atomic E-state index is 0.123. The van der Waals surface area contributed by atoms with Crippen molar-refractivity contribution >= 4 is 38.1 Å². The van der Waals surface area contributed by atoms with Gasteiger partial charge in [0.2, 0.25) is 0 Å². The van der Waals surface area contributed by atoms with E-state index in [1.807, 2.05) is 12.3 Å². The van der Waals surface area contributed by atoms with Crippen molar-refractivity contribution in [3.05, 3.63) is 67.6 Å². The van der Waals surface area contributed by atoms with Crippen LogP contribution in [0.1, 0.15) is 35.2 Å². The van der Waals surface area contributed by atoms with Gasteiger partial charge in [-0.1, -0.05) is 61.7 Å². The maximum absolute atomic E-state index is 4.68. The highest BCUT2D eigenvalue weighted by atomic mass is 79.9. The molecule has 0 aromatic heterocycles. The molecule has 104 valence electrons. The molecule has 0 saturated heterocycles. The predicted octanol–water partition coefficient (Wildman–Crippen LogP) is 6.01. The van der Waals surface area contributed by atoms with E-state index < -0.39 is 0 Å². The zero-order valence-corrected chi connectivity index (χ0v) is 15.0. The highest BCUT2D eigenvalue weighted by Crippen LogP contribution is 2.28. The monoisotopic (exact) mass is 393 g/mol. The standard InChI is InChI=1S/C17H17Br2N/c1-11-4-5-14(12(2)8-11)10-20-13(3)16-7-6-15(18)9-17(16)19/h4-10,13H,1-3H3. The molecule has 0 aliphatic heterocycles. The van der Waals surface area contributed by atoms with Crippen molar-refractivity contribution in [3.8, 4) is 0 Å². The average Bonchev–Trinajstić information content (AvgIpc) is 2.37. The fourth-order valence-corrected chi connectivity index (χ4v) is 3.46. The molecule has 1 unspecified atom stereocenters. The second-order valence-electron chi connectivity index (χ2n) is 4.98. The number of benzene rings is 2. The molecule has 1 nitrogen and oxygen atoms in total. The van der Waals surface area contributed by atoms with Gasteiger partial charge in [0.25, 0.3) is 0 Å². The van der Waals surface area contributed by atoms with Crippen LogP contribution in [0, 0.1) is 13.8 Å². The Hall–Kier alpha value is -0.930. The number of rotatable bonds is 3. The molecule has 2 aromatic rings. The summed E-state index contributed by atoms with van der Waals surface area (Å²) >= 11 is 7.06. The van der Waals surface area contributed by atoms with Crippen molar-refractivity contribution in [3.63, 3.8) is 0 Å². The topological polar surface area (TPSA) is 12.4 Å². The summed E-state index contributed by atoms with van der Waals surface area (Å²) in [6, 6.07) is 12.7. The molecule has 2 aromatic carbocycles. The second-order valence-corrected chi connectivity index (χ2v) is 6.75. The lowest BCUT2D eigenvalue weighted by Crippen LogP contribution is -1.94. The predicted molar refractivity (Wildman–Crippen MR) is 93.8 cm³/mol. The van der Waals surface area contributed by atoms with Crippen LogP contribution in [0.3, 0.4) is 0 Å². The van der Waals surface area contributed by atoms with Crippen LogP contribution in [-0.4, -0.2) is 6.21 Å². The van der Waals surface area contributed by atoms with Crippen molar-refractivity contribution < 1.29 is 0 Å². The summed E-state index contributed by atoms with van der Waals surface area (Å²) in [5.41, 5.74) is 4.91. The van der Waals surface area contributed by atoms with Crippen molar-refractivity contribution in [1.29, 1.82) is 0 Å². The van der Waals surface area contributed by atoms with Crippen LogP contribution in [0.15, 0.2) is 50.3 Å². The van der Waals surface area contributed by atoms with Gasteiger partial charge in [0.1, 0.15) is 0 Å². The Morgan fingerprint density at radius 1 is 1.05 bits per heavy atom. The van der Waals surface area contributed by atoms with Gasteiger partial charge in [-0.2, -0.15) is 0 Å². The molecule has 0 aliphatic rings. The molecule has 0 aliphatic carbocycles. The molecule has 3 heteroatoms. The third-order valence-corrected chi connectivity index (χ3v) is 4.46. The fraction of sp³-hybridized carbons (Fsp3) is 0.235. The van der Waals surface area contributed by atoms with Gasteiger partial charge in [-0.05, 0) is 49.6 Å². The lowest BCUT2D eigenvalue weighted by atomic mass is 10.1. The average molecular weight is 395 g/mol. The summed E-state index contributed by atoms with van der Waals surface area (Å²) in [7, 11) is 0. The summed E-state index contributed by atoms with van der Waals surface area (Å²) in [4.78, 5) is 4.68. The molecule has 0 saturated carbocycles. The first-order valence-electron chi connectivity index (χ1n) is 6.53. The van der Waals surface area contributed by atoms with Crippen molar-refractivity contribution in [1.82, 2.24) is 0 Å². The molecule has 0 bridgehead atoms. The maximum atomic E-state index is 4.68. The largest absolute Gasteiger partial charge is 0.285 e. The summed E-state index contributed by atoms with van der Waals surface area (Å²) in [6.07, 6.45) is 1.97. The Kier molecular flexibility index (Phi) is 5.17. The Morgan fingerprint density at radius 3 is 2.45 bits per heavy atom. The van der Waals surface area contributed by atoms with E-state index in [4.69, 9.17) is 0 Å². The molecule has 20 heavy (non-hydrogen) atoms. The molecule has 0 heterocycles. The number of halogens is 2. The molecule has 0 amide bonds. The van der Waals surface area contributed by atoms with Crippen LogP contribution in [-0.2, 0) is 0 Å². The van der Waals surface area contributed by atoms with E-state index in [2.05, 4.69) is 88.0 Å². The van der Waals surface area contributed by atoms with Gasteiger partial charge in [-0.15, -0.1) is 0 Å². The Balaban J connectivity index is 2.22. The van der Waals surface area contributed by atoms with Crippen molar-refractivity contribution in [2.75, 3.05) is 0 Å². The summed E-state index contributed by atoms with van der Waals surface area (Å²) in [5, 5.41) is 0. The summed E-state index contributed by atoms with van der Waals surface area (Å²) in [6.45, 7) is 6.33. The number of hydrogen-bond donors (Lipinski definition) is 0. The van der Waals surface area contributed by atoms with Crippen molar-refractivity contribution in [2.45, 2.75) is 26.8 Å². The molecule has 0 N–H and O–H groups in total. The number of hydrogen-bond acceptors (Lipinski definition) is 1. The number of nitrogens with zero attached hydrogens (tertiary/aromatic N) is 1. The molecule has 1 atom stereocenters. The van der Waals surface area contributed by atoms with Crippen LogP contribution in [0.2, 0.25) is 0 Å². The Labute approximate surface area is 137 Å². The van der Waals surface area contributed by atoms with Gasteiger partial charge < -0.3 is 0 Å². The minimum Gasteiger partial charge on any atom is -0.285 e. The van der Waals surface area contributed by atoms with Crippen LogP contribution >= 0.6 is 31.9 Å². The van der Waals surface area contributed by atoms with Gasteiger partial charge in [0.05, 0.1) is 6.04 Å². The first-order chi connectivity index (χ1) is 9.47. The van der Waals surface area contributed by atoms with Crippen LogP contribution in [0.4, 0.5) is 0 Å². The van der Waals surface area contributed by atoms with E-state index in [1.54, 1.807) is 0 Å². The van der Waals surface area contributed by atoms with Crippen LogP contribution < -0.4 is 0 Å². The summed E-state index contributed by atoms with van der Waals surface area (Å²) in [5.74, 6) is 0. The van der Waals surface area contributed by atoms with Gasteiger partial charge in [-0.3, -0.25) is 4.99 Å². The maximum Gasteiger partial charge on any atom is 0.0731 e. The third-order valence-electron chi connectivity index (χ3n) is 3.28. The first kappa shape index (κ1) is 15.5. The SMILES string of the molecule is Cc1ccc(C=NC(C)c2ccc(Br)cc2Br)c(C)c1. The quantitative estimate of drug-likeness (QED) is 0.565. The molecule has 0 radical (unpaired) electrons. The molecular weight excluding hydrogens is 378 g/mol. The Morgan fingerprint density at radius 2 is 1.80 bits per heavy atom. The van der Waals surface area contributed by atoms with Crippen LogP contribution in [0.25, 0.3) is 0 Å². The van der Waals surface area contributed by atoms with E-state index in [0.29, 0.717) is 0 Å². The van der Waals surface area contributed by atoms with Crippen LogP contribution in [0.5, 0.6) is 0 Å². The smallest absolute Gasteiger partial charge is 0.0731 e. The lowest BCUT2D eigenvalue weighted by molar-refractivity contribution is 0.819. The molecule has 0 fully saturated rings. The van der Waals surface area contributed by atoms with Gasteiger partial charge in [0.15, 0.2) is 0 Å². The highest BCUT2D eigenvalue weighted by molar-refractivity contribution is 9.11. The summed E-state index contributed by atoms with van der Waals surface area (Å²) < 4.78 is 2.15. The van der Waals surface area contributed by atoms with Crippen molar-refractivity contribution in [2.24, 2.45) is 4.99 Å². The fourth-order valence-electron chi connectivity index (χ4n) is 2.08. The zero-order chi connectivity index (χ0) is 14.7. The normalized spacial score (nSPS) is 12.8. The van der Waals surface area contributed by atoms with E-state index in [-0.39, 0.29) is 6.04 Å². The molecule has 0 spiro atoms. The minimum atomic E-state index is 0.123. The van der Waals surface area contributed by atoms with Gasteiger partial charge in [0, 0.05) is 15.2 Å². The number of aryl methyl sites for hydroxylation is 2. The lowest BCUT2D eigenvalue weighted by Gasteiger charge is -2.10. The van der Waals surface area contributed by atoms with E-state index >= 15 is 0 Å². The van der Waals surface area contributed by atoms with E-state index in [9.17, 15) is 0 Å². The molecular formula is C17H17Br2N. The van der Waals surface area contributed by atoms with Gasteiger partial charge >= 0.3 is 0 Å². The second kappa shape index (κ2) is 6.68. The van der Waals surface area contributed by atoms with E-state index in [0.717, 1.165) is 8.95 Å². The first-order valence-corrected chi connectivity index (χ1v) is 8.11. The Bertz CT molecular complexity index is 647. The number of aliphatic imine (C=N–C) groups is 1. The van der Waals surface area contributed by atoms with Gasteiger partial charge in [-0.25, -0.2) is 0 Å². The zero-order valence-electron chi connectivity index (χ0n) is 11.8. The third kappa shape index (κ3) is 3.80.